The van der Waals surface area contributed by atoms with Crippen molar-refractivity contribution in [3.63, 3.8) is 0 Å². The fourth-order valence-electron chi connectivity index (χ4n) is 2.07. The maximum atomic E-state index is 12.0. The normalized spacial score (nSPS) is 12.8. The third-order valence-corrected chi connectivity index (χ3v) is 4.91. The lowest BCUT2D eigenvalue weighted by Crippen LogP contribution is -2.32. The first-order valence-corrected chi connectivity index (χ1v) is 9.66. The number of halogens is 1. The fourth-order valence-corrected chi connectivity index (χ4v) is 3.44. The molecule has 0 spiro atoms. The Morgan fingerprint density at radius 1 is 1.26 bits per heavy atom. The van der Waals surface area contributed by atoms with Gasteiger partial charge in [0.25, 0.3) is 0 Å². The molecular weight excluding hydrogens is 340 g/mol. The van der Waals surface area contributed by atoms with Gasteiger partial charge in [0.15, 0.2) is 0 Å². The molecule has 8 heteroatoms. The second-order valence-corrected chi connectivity index (χ2v) is 7.59. The molecule has 0 aliphatic rings. The molecule has 0 amide bonds. The highest BCUT2D eigenvalue weighted by Gasteiger charge is 2.14. The smallest absolute Gasteiger partial charge is 0.320 e. The van der Waals surface area contributed by atoms with Gasteiger partial charge in [-0.15, -0.1) is 11.6 Å². The summed E-state index contributed by atoms with van der Waals surface area (Å²) in [6, 6.07) is 5.60. The Balaban J connectivity index is 2.57. The zero-order valence-electron chi connectivity index (χ0n) is 12.9. The highest BCUT2D eigenvalue weighted by Crippen LogP contribution is 2.15. The summed E-state index contributed by atoms with van der Waals surface area (Å²) in [6.45, 7) is 0. The fraction of sp³-hybridized carbons (Fsp3) is 0.533. The molecule has 0 aliphatic heterocycles. The minimum absolute atomic E-state index is 0.0498. The van der Waals surface area contributed by atoms with Crippen LogP contribution in [0, 0.1) is 0 Å². The first-order chi connectivity index (χ1) is 10.8. The first-order valence-electron chi connectivity index (χ1n) is 7.48. The molecule has 4 N–H and O–H groups in total. The number of carboxylic acids is 1. The van der Waals surface area contributed by atoms with Crippen molar-refractivity contribution in [3.05, 3.63) is 29.8 Å². The summed E-state index contributed by atoms with van der Waals surface area (Å²) in [4.78, 5) is 10.8. The molecule has 0 saturated carbocycles. The molecule has 0 heterocycles. The summed E-state index contributed by atoms with van der Waals surface area (Å²) in [7, 11) is -3.41. The van der Waals surface area contributed by atoms with E-state index in [4.69, 9.17) is 22.4 Å². The van der Waals surface area contributed by atoms with Crippen LogP contribution in [0.4, 0.5) is 5.69 Å². The van der Waals surface area contributed by atoms with Gasteiger partial charge in [0.05, 0.1) is 5.75 Å². The maximum Gasteiger partial charge on any atom is 0.320 e. The van der Waals surface area contributed by atoms with Crippen molar-refractivity contribution >= 4 is 33.3 Å². The van der Waals surface area contributed by atoms with Crippen LogP contribution in [0.1, 0.15) is 31.2 Å². The standard InChI is InChI=1S/C15H23ClN2O4S/c16-8-3-1-2-4-9-23(21,22)18-13-7-5-6-12(10-13)11-14(17)15(19)20/h5-7,10,14,18H,1-4,8-9,11,17H2,(H,19,20)/t14-/m0/s1. The van der Waals surface area contributed by atoms with Crippen LogP contribution in [0.5, 0.6) is 0 Å². The van der Waals surface area contributed by atoms with Gasteiger partial charge < -0.3 is 10.8 Å². The predicted octanol–water partition coefficient (Wildman–Crippen LogP) is 2.18. The Morgan fingerprint density at radius 3 is 2.61 bits per heavy atom. The molecule has 0 bridgehead atoms. The average molecular weight is 363 g/mol. The quantitative estimate of drug-likeness (QED) is 0.413. The van der Waals surface area contributed by atoms with Gasteiger partial charge in [0.1, 0.15) is 6.04 Å². The summed E-state index contributed by atoms with van der Waals surface area (Å²) in [6.07, 6.45) is 3.35. The number of hydrogen-bond acceptors (Lipinski definition) is 4. The van der Waals surface area contributed by atoms with Crippen LogP contribution < -0.4 is 10.5 Å². The highest BCUT2D eigenvalue weighted by molar-refractivity contribution is 7.92. The zero-order chi connectivity index (χ0) is 17.3. The van der Waals surface area contributed by atoms with E-state index in [0.29, 0.717) is 23.6 Å². The van der Waals surface area contributed by atoms with Crippen LogP contribution >= 0.6 is 11.6 Å². The van der Waals surface area contributed by atoms with E-state index in [-0.39, 0.29) is 12.2 Å². The van der Waals surface area contributed by atoms with Crippen LogP contribution in [0.25, 0.3) is 0 Å². The number of alkyl halides is 1. The highest BCUT2D eigenvalue weighted by atomic mass is 35.5. The Hall–Kier alpha value is -1.31. The van der Waals surface area contributed by atoms with Crippen molar-refractivity contribution in [2.75, 3.05) is 16.4 Å². The van der Waals surface area contributed by atoms with Crippen molar-refractivity contribution in [2.45, 2.75) is 38.1 Å². The lowest BCUT2D eigenvalue weighted by atomic mass is 10.1. The SMILES string of the molecule is N[C@@H](Cc1cccc(NS(=O)(=O)CCCCCCCl)c1)C(=O)O. The number of carboxylic acid groups (broad SMARTS) is 1. The van der Waals surface area contributed by atoms with E-state index >= 15 is 0 Å². The van der Waals surface area contributed by atoms with E-state index in [2.05, 4.69) is 4.72 Å². The van der Waals surface area contributed by atoms with E-state index < -0.39 is 22.0 Å². The van der Waals surface area contributed by atoms with Crippen molar-refractivity contribution in [3.8, 4) is 0 Å². The summed E-state index contributed by atoms with van der Waals surface area (Å²) in [5.74, 6) is -0.447. The zero-order valence-corrected chi connectivity index (χ0v) is 14.4. The minimum atomic E-state index is -3.41. The second-order valence-electron chi connectivity index (χ2n) is 5.37. The largest absolute Gasteiger partial charge is 0.480 e. The number of unbranched alkanes of at least 4 members (excludes halogenated alkanes) is 3. The molecule has 1 atom stereocenters. The van der Waals surface area contributed by atoms with Crippen LogP contribution in [0.15, 0.2) is 24.3 Å². The van der Waals surface area contributed by atoms with Crippen LogP contribution in [-0.2, 0) is 21.2 Å². The van der Waals surface area contributed by atoms with Crippen molar-refractivity contribution in [1.29, 1.82) is 0 Å². The third kappa shape index (κ3) is 8.20. The average Bonchev–Trinajstić information content (AvgIpc) is 2.46. The van der Waals surface area contributed by atoms with Crippen LogP contribution in [-0.4, -0.2) is 37.2 Å². The predicted molar refractivity (Wildman–Crippen MR) is 92.4 cm³/mol. The number of rotatable bonds is 11. The molecule has 0 unspecified atom stereocenters. The molecule has 0 saturated heterocycles. The molecule has 6 nitrogen and oxygen atoms in total. The third-order valence-electron chi connectivity index (χ3n) is 3.27. The van der Waals surface area contributed by atoms with E-state index in [1.165, 1.54) is 0 Å². The van der Waals surface area contributed by atoms with Crippen molar-refractivity contribution < 1.29 is 18.3 Å². The Labute approximate surface area is 142 Å². The van der Waals surface area contributed by atoms with Gasteiger partial charge in [-0.05, 0) is 37.0 Å². The molecule has 0 fully saturated rings. The summed E-state index contributed by atoms with van der Waals surface area (Å²) in [5, 5.41) is 8.81. The number of carbonyl (C=O) groups is 1. The van der Waals surface area contributed by atoms with Gasteiger partial charge in [-0.25, -0.2) is 8.42 Å². The summed E-state index contributed by atoms with van der Waals surface area (Å²) < 4.78 is 26.5. The lowest BCUT2D eigenvalue weighted by Gasteiger charge is -2.11. The van der Waals surface area contributed by atoms with Crippen molar-refractivity contribution in [1.82, 2.24) is 0 Å². The molecule has 1 rings (SSSR count). The monoisotopic (exact) mass is 362 g/mol. The van der Waals surface area contributed by atoms with E-state index in [1.807, 2.05) is 0 Å². The van der Waals surface area contributed by atoms with Gasteiger partial charge in [-0.1, -0.05) is 25.0 Å². The molecule has 23 heavy (non-hydrogen) atoms. The van der Waals surface area contributed by atoms with Gasteiger partial charge in [0, 0.05) is 11.6 Å². The number of anilines is 1. The van der Waals surface area contributed by atoms with Gasteiger partial charge in [-0.2, -0.15) is 0 Å². The van der Waals surface area contributed by atoms with E-state index in [1.54, 1.807) is 24.3 Å². The molecule has 0 radical (unpaired) electrons. The van der Waals surface area contributed by atoms with E-state index in [0.717, 1.165) is 19.3 Å². The van der Waals surface area contributed by atoms with Gasteiger partial charge >= 0.3 is 5.97 Å². The summed E-state index contributed by atoms with van der Waals surface area (Å²) in [5.41, 5.74) is 6.57. The molecule has 1 aromatic carbocycles. The number of nitrogens with one attached hydrogen (secondary N) is 1. The number of hydrogen-bond donors (Lipinski definition) is 3. The van der Waals surface area contributed by atoms with E-state index in [9.17, 15) is 13.2 Å². The molecule has 130 valence electrons. The first kappa shape index (κ1) is 19.7. The Kier molecular flexibility index (Phi) is 8.36. The van der Waals surface area contributed by atoms with Crippen molar-refractivity contribution in [2.24, 2.45) is 5.73 Å². The van der Waals surface area contributed by atoms with Crippen LogP contribution in [0.2, 0.25) is 0 Å². The molecular formula is C15H23ClN2O4S. The van der Waals surface area contributed by atoms with Gasteiger partial charge in [-0.3, -0.25) is 9.52 Å². The Bertz CT molecular complexity index is 607. The topological polar surface area (TPSA) is 109 Å². The maximum absolute atomic E-state index is 12.0. The van der Waals surface area contributed by atoms with Crippen LogP contribution in [0.3, 0.4) is 0 Å². The molecule has 1 aromatic rings. The second kappa shape index (κ2) is 9.75. The van der Waals surface area contributed by atoms with Gasteiger partial charge in [0.2, 0.25) is 10.0 Å². The number of sulfonamides is 1. The molecule has 0 aromatic heterocycles. The Morgan fingerprint density at radius 2 is 1.96 bits per heavy atom. The lowest BCUT2D eigenvalue weighted by molar-refractivity contribution is -0.138. The number of nitrogens with two attached hydrogens (primary N) is 1. The number of benzene rings is 1. The number of aliphatic carboxylic acids is 1. The minimum Gasteiger partial charge on any atom is -0.480 e. The molecule has 0 aliphatic carbocycles. The summed E-state index contributed by atoms with van der Waals surface area (Å²) >= 11 is 5.57.